The monoisotopic (exact) mass is 406 g/mol. The number of rotatable bonds is 7. The lowest BCUT2D eigenvalue weighted by molar-refractivity contribution is -0.274. The molecule has 0 aliphatic carbocycles. The molecular weight excluding hydrogens is 389 g/mol. The van der Waals surface area contributed by atoms with Crippen molar-refractivity contribution < 1.29 is 32.5 Å². The number of alkyl halides is 3. The summed E-state index contributed by atoms with van der Waals surface area (Å²) in [4.78, 5) is 12.8. The van der Waals surface area contributed by atoms with Gasteiger partial charge in [-0.3, -0.25) is 9.69 Å². The first-order valence-electron chi connectivity index (χ1n) is 8.69. The molecule has 2 aromatic rings. The highest BCUT2D eigenvalue weighted by Gasteiger charge is 2.33. The van der Waals surface area contributed by atoms with E-state index < -0.39 is 18.1 Å². The normalized spacial score (nSPS) is 14.7. The lowest BCUT2D eigenvalue weighted by Gasteiger charge is -2.36. The van der Waals surface area contributed by atoms with Gasteiger partial charge in [0.15, 0.2) is 0 Å². The van der Waals surface area contributed by atoms with Crippen molar-refractivity contribution in [2.75, 3.05) is 13.1 Å². The minimum Gasteiger partial charge on any atom is -0.489 e. The molecule has 29 heavy (non-hydrogen) atoms. The van der Waals surface area contributed by atoms with Crippen molar-refractivity contribution in [1.29, 1.82) is 5.26 Å². The van der Waals surface area contributed by atoms with Crippen LogP contribution in [0.3, 0.4) is 0 Å². The summed E-state index contributed by atoms with van der Waals surface area (Å²) in [6, 6.07) is 12.7. The van der Waals surface area contributed by atoms with E-state index in [0.29, 0.717) is 30.9 Å². The highest BCUT2D eigenvalue weighted by Crippen LogP contribution is 2.27. The average Bonchev–Trinajstić information content (AvgIpc) is 2.63. The Balaban J connectivity index is 1.53. The Hall–Kier alpha value is -3.25. The third kappa shape index (κ3) is 5.62. The van der Waals surface area contributed by atoms with E-state index >= 15 is 0 Å². The van der Waals surface area contributed by atoms with Crippen LogP contribution in [0.2, 0.25) is 0 Å². The smallest absolute Gasteiger partial charge is 0.489 e. The Labute approximate surface area is 164 Å². The predicted octanol–water partition coefficient (Wildman–Crippen LogP) is 3.55. The van der Waals surface area contributed by atoms with E-state index in [1.54, 1.807) is 18.2 Å². The Bertz CT molecular complexity index is 917. The van der Waals surface area contributed by atoms with Crippen LogP contribution in [-0.2, 0) is 17.9 Å². The molecule has 1 aliphatic rings. The fourth-order valence-electron chi connectivity index (χ4n) is 2.94. The number of hydrogen-bond acceptors (Lipinski definition) is 5. The summed E-state index contributed by atoms with van der Waals surface area (Å²) in [7, 11) is 0. The molecule has 3 rings (SSSR count). The zero-order valence-electron chi connectivity index (χ0n) is 15.1. The van der Waals surface area contributed by atoms with E-state index in [1.165, 1.54) is 12.1 Å². The molecule has 1 aliphatic heterocycles. The standard InChI is InChI=1S/C20H17F3N2O4/c21-20(22,23)29-18-6-3-14(7-15(18)8-24)12-28-17-4-1-13(2-5-17)9-25-10-16(11-25)19(26)27/h1-7,16H,9-12H2,(H,26,27). The molecule has 1 saturated heterocycles. The van der Waals surface area contributed by atoms with Crippen LogP contribution in [0.25, 0.3) is 0 Å². The van der Waals surface area contributed by atoms with Crippen molar-refractivity contribution in [2.45, 2.75) is 19.5 Å². The molecular formula is C20H17F3N2O4. The first kappa shape index (κ1) is 20.5. The predicted molar refractivity (Wildman–Crippen MR) is 95.0 cm³/mol. The zero-order valence-corrected chi connectivity index (χ0v) is 15.1. The quantitative estimate of drug-likeness (QED) is 0.757. The maximum absolute atomic E-state index is 12.3. The molecule has 0 aromatic heterocycles. The number of nitrogens with zero attached hydrogens (tertiary/aromatic N) is 2. The molecule has 0 bridgehead atoms. The number of benzene rings is 2. The Morgan fingerprint density at radius 3 is 2.41 bits per heavy atom. The van der Waals surface area contributed by atoms with Gasteiger partial charge in [0, 0.05) is 19.6 Å². The van der Waals surface area contributed by atoms with Crippen LogP contribution in [0.1, 0.15) is 16.7 Å². The van der Waals surface area contributed by atoms with E-state index in [0.717, 1.165) is 11.6 Å². The van der Waals surface area contributed by atoms with E-state index in [2.05, 4.69) is 4.74 Å². The second-order valence-electron chi connectivity index (χ2n) is 6.65. The van der Waals surface area contributed by atoms with E-state index in [9.17, 15) is 18.0 Å². The molecule has 0 amide bonds. The Morgan fingerprint density at radius 1 is 1.17 bits per heavy atom. The van der Waals surface area contributed by atoms with E-state index in [1.807, 2.05) is 17.0 Å². The van der Waals surface area contributed by atoms with Gasteiger partial charge in [-0.1, -0.05) is 18.2 Å². The van der Waals surface area contributed by atoms with Gasteiger partial charge in [0.05, 0.1) is 11.5 Å². The summed E-state index contributed by atoms with van der Waals surface area (Å²) in [5.41, 5.74) is 1.31. The molecule has 1 fully saturated rings. The highest BCUT2D eigenvalue weighted by atomic mass is 19.4. The Morgan fingerprint density at radius 2 is 1.83 bits per heavy atom. The van der Waals surface area contributed by atoms with Crippen molar-refractivity contribution in [3.8, 4) is 17.6 Å². The van der Waals surface area contributed by atoms with Crippen LogP contribution in [0.5, 0.6) is 11.5 Å². The van der Waals surface area contributed by atoms with E-state index in [4.69, 9.17) is 15.1 Å². The SMILES string of the molecule is N#Cc1cc(COc2ccc(CN3CC(C(=O)O)C3)cc2)ccc1OC(F)(F)F. The summed E-state index contributed by atoms with van der Waals surface area (Å²) >= 11 is 0. The van der Waals surface area contributed by atoms with Crippen molar-refractivity contribution >= 4 is 5.97 Å². The molecule has 0 saturated carbocycles. The maximum Gasteiger partial charge on any atom is 0.573 e. The summed E-state index contributed by atoms with van der Waals surface area (Å²) in [6.45, 7) is 1.79. The van der Waals surface area contributed by atoms with Gasteiger partial charge in [0.25, 0.3) is 0 Å². The summed E-state index contributed by atoms with van der Waals surface area (Å²) in [6.07, 6.45) is -4.87. The molecule has 0 unspecified atom stereocenters. The number of carbonyl (C=O) groups is 1. The molecule has 0 radical (unpaired) electrons. The van der Waals surface area contributed by atoms with Gasteiger partial charge in [-0.15, -0.1) is 13.2 Å². The van der Waals surface area contributed by atoms with Crippen LogP contribution in [-0.4, -0.2) is 35.4 Å². The fraction of sp³-hybridized carbons (Fsp3) is 0.300. The zero-order chi connectivity index (χ0) is 21.0. The van der Waals surface area contributed by atoms with Gasteiger partial charge < -0.3 is 14.6 Å². The second-order valence-corrected chi connectivity index (χ2v) is 6.65. The summed E-state index contributed by atoms with van der Waals surface area (Å²) in [5.74, 6) is -1.06. The number of carboxylic acid groups (broad SMARTS) is 1. The van der Waals surface area contributed by atoms with Crippen LogP contribution >= 0.6 is 0 Å². The van der Waals surface area contributed by atoms with E-state index in [-0.39, 0.29) is 18.1 Å². The number of carboxylic acids is 1. The number of hydrogen-bond donors (Lipinski definition) is 1. The molecule has 152 valence electrons. The van der Waals surface area contributed by atoms with Crippen LogP contribution in [0.15, 0.2) is 42.5 Å². The third-order valence-corrected chi connectivity index (χ3v) is 4.43. The number of likely N-dealkylation sites (tertiary alicyclic amines) is 1. The van der Waals surface area contributed by atoms with Gasteiger partial charge in [-0.2, -0.15) is 5.26 Å². The molecule has 2 aromatic carbocycles. The fourth-order valence-corrected chi connectivity index (χ4v) is 2.94. The first-order valence-corrected chi connectivity index (χ1v) is 8.69. The number of ether oxygens (including phenoxy) is 2. The van der Waals surface area contributed by atoms with Crippen molar-refractivity contribution in [3.05, 3.63) is 59.2 Å². The highest BCUT2D eigenvalue weighted by molar-refractivity contribution is 5.71. The molecule has 0 spiro atoms. The van der Waals surface area contributed by atoms with Crippen LogP contribution < -0.4 is 9.47 Å². The van der Waals surface area contributed by atoms with Gasteiger partial charge >= 0.3 is 12.3 Å². The first-order chi connectivity index (χ1) is 13.7. The average molecular weight is 406 g/mol. The number of nitriles is 1. The van der Waals surface area contributed by atoms with Crippen LogP contribution in [0, 0.1) is 17.2 Å². The lowest BCUT2D eigenvalue weighted by Crippen LogP contribution is -2.49. The van der Waals surface area contributed by atoms with Crippen LogP contribution in [0.4, 0.5) is 13.2 Å². The van der Waals surface area contributed by atoms with Gasteiger partial charge in [0.1, 0.15) is 24.2 Å². The third-order valence-electron chi connectivity index (χ3n) is 4.43. The number of aliphatic carboxylic acids is 1. The molecule has 1 N–H and O–H groups in total. The molecule has 0 atom stereocenters. The van der Waals surface area contributed by atoms with Gasteiger partial charge in [0.2, 0.25) is 0 Å². The van der Waals surface area contributed by atoms with Gasteiger partial charge in [-0.25, -0.2) is 0 Å². The summed E-state index contributed by atoms with van der Waals surface area (Å²) in [5, 5.41) is 17.9. The number of halogens is 3. The minimum atomic E-state index is -4.87. The van der Waals surface area contributed by atoms with Gasteiger partial charge in [-0.05, 0) is 35.4 Å². The largest absolute Gasteiger partial charge is 0.573 e. The minimum absolute atomic E-state index is 0.0761. The van der Waals surface area contributed by atoms with Crippen molar-refractivity contribution in [2.24, 2.45) is 5.92 Å². The Kier molecular flexibility index (Phi) is 5.94. The molecule has 1 heterocycles. The topological polar surface area (TPSA) is 82.8 Å². The summed E-state index contributed by atoms with van der Waals surface area (Å²) < 4.78 is 46.4. The van der Waals surface area contributed by atoms with Crippen molar-refractivity contribution in [3.63, 3.8) is 0 Å². The molecule has 9 heteroatoms. The maximum atomic E-state index is 12.3. The molecule has 6 nitrogen and oxygen atoms in total. The second kappa shape index (κ2) is 8.41. The lowest BCUT2D eigenvalue weighted by atomic mass is 10.00. The van der Waals surface area contributed by atoms with Crippen molar-refractivity contribution in [1.82, 2.24) is 4.90 Å².